The number of sulfonamides is 1. The molecule has 3 rings (SSSR count). The molecule has 0 aliphatic rings. The lowest BCUT2D eigenvalue weighted by Crippen LogP contribution is -2.27. The molecule has 0 radical (unpaired) electrons. The Morgan fingerprint density at radius 2 is 1.75 bits per heavy atom. The number of nitrogens with two attached hydrogens (primary N) is 1. The Kier molecular flexibility index (Phi) is 7.12. The van der Waals surface area contributed by atoms with Crippen molar-refractivity contribution in [3.63, 3.8) is 0 Å². The highest BCUT2D eigenvalue weighted by Crippen LogP contribution is 2.24. The predicted molar refractivity (Wildman–Crippen MR) is 125 cm³/mol. The number of anilines is 1. The van der Waals surface area contributed by atoms with Crippen LogP contribution in [0.5, 0.6) is 0 Å². The molecule has 170 valence electrons. The van der Waals surface area contributed by atoms with E-state index in [0.29, 0.717) is 13.0 Å². The fourth-order valence-corrected chi connectivity index (χ4v) is 4.02. The van der Waals surface area contributed by atoms with Crippen LogP contribution in [-0.2, 0) is 14.8 Å². The molecule has 1 heterocycles. The Morgan fingerprint density at radius 3 is 2.34 bits per heavy atom. The maximum absolute atomic E-state index is 12.6. The third-order valence-corrected chi connectivity index (χ3v) is 6.53. The first-order chi connectivity index (χ1) is 15.1. The van der Waals surface area contributed by atoms with E-state index in [4.69, 9.17) is 5.14 Å². The number of amides is 1. The Bertz CT molecular complexity index is 1190. The number of carbonyl (C=O) groups excluding carboxylic acids is 1. The fourth-order valence-electron chi connectivity index (χ4n) is 3.51. The van der Waals surface area contributed by atoms with E-state index in [1.807, 2.05) is 67.7 Å². The van der Waals surface area contributed by atoms with Gasteiger partial charge in [0.15, 0.2) is 0 Å². The van der Waals surface area contributed by atoms with E-state index >= 15 is 0 Å². The predicted octanol–water partition coefficient (Wildman–Crippen LogP) is 3.16. The second-order valence-corrected chi connectivity index (χ2v) is 9.42. The van der Waals surface area contributed by atoms with Crippen molar-refractivity contribution in [1.29, 1.82) is 0 Å². The molecule has 8 nitrogen and oxygen atoms in total. The van der Waals surface area contributed by atoms with Crippen molar-refractivity contribution in [3.8, 4) is 5.69 Å². The van der Waals surface area contributed by atoms with Crippen LogP contribution in [0, 0.1) is 13.8 Å². The minimum absolute atomic E-state index is 0.00151. The summed E-state index contributed by atoms with van der Waals surface area (Å²) < 4.78 is 24.7. The first-order valence-corrected chi connectivity index (χ1v) is 11.9. The molecule has 2 aromatic carbocycles. The molecule has 32 heavy (non-hydrogen) atoms. The molecular formula is C23H29N5O3S. The van der Waals surface area contributed by atoms with Gasteiger partial charge in [-0.1, -0.05) is 30.3 Å². The largest absolute Gasteiger partial charge is 0.323 e. The van der Waals surface area contributed by atoms with Gasteiger partial charge in [-0.3, -0.25) is 9.69 Å². The van der Waals surface area contributed by atoms with E-state index in [0.717, 1.165) is 28.3 Å². The van der Waals surface area contributed by atoms with Crippen molar-refractivity contribution in [2.24, 2.45) is 5.14 Å². The van der Waals surface area contributed by atoms with Gasteiger partial charge < -0.3 is 5.32 Å². The number of rotatable bonds is 8. The van der Waals surface area contributed by atoms with Gasteiger partial charge in [-0.05, 0) is 57.6 Å². The molecule has 1 unspecified atom stereocenters. The van der Waals surface area contributed by atoms with Crippen molar-refractivity contribution >= 4 is 21.6 Å². The minimum atomic E-state index is -3.71. The van der Waals surface area contributed by atoms with Crippen LogP contribution in [0.2, 0.25) is 0 Å². The summed E-state index contributed by atoms with van der Waals surface area (Å²) in [6.45, 7) is 6.35. The van der Waals surface area contributed by atoms with Crippen LogP contribution in [0.25, 0.3) is 5.69 Å². The summed E-state index contributed by atoms with van der Waals surface area (Å²) in [5.41, 5.74) is 4.25. The summed E-state index contributed by atoms with van der Waals surface area (Å²) in [5, 5.41) is 12.7. The molecule has 9 heteroatoms. The summed E-state index contributed by atoms with van der Waals surface area (Å²) in [6.07, 6.45) is 0.311. The molecule has 3 aromatic rings. The van der Waals surface area contributed by atoms with Gasteiger partial charge >= 0.3 is 0 Å². The molecule has 1 atom stereocenters. The number of benzene rings is 2. The number of primary sulfonamides is 1. The molecule has 1 amide bonds. The van der Waals surface area contributed by atoms with Gasteiger partial charge in [-0.25, -0.2) is 18.2 Å². The Morgan fingerprint density at radius 1 is 1.12 bits per heavy atom. The quantitative estimate of drug-likeness (QED) is 0.542. The Hall–Kier alpha value is -3.01. The normalized spacial score (nSPS) is 12.7. The Labute approximate surface area is 189 Å². The number of para-hydroxylation sites is 1. The van der Waals surface area contributed by atoms with Crippen molar-refractivity contribution in [2.45, 2.75) is 38.1 Å². The van der Waals surface area contributed by atoms with Gasteiger partial charge in [0.1, 0.15) is 0 Å². The second kappa shape index (κ2) is 9.64. The lowest BCUT2D eigenvalue weighted by molar-refractivity contribution is -0.116. The molecule has 3 N–H and O–H groups in total. The summed E-state index contributed by atoms with van der Waals surface area (Å²) in [6, 6.07) is 16.3. The van der Waals surface area contributed by atoms with Crippen LogP contribution >= 0.6 is 0 Å². The third-order valence-electron chi connectivity index (χ3n) is 5.60. The zero-order valence-corrected chi connectivity index (χ0v) is 19.6. The number of aromatic nitrogens is 2. The van der Waals surface area contributed by atoms with Crippen LogP contribution in [-0.4, -0.2) is 42.6 Å². The van der Waals surface area contributed by atoms with E-state index in [-0.39, 0.29) is 16.8 Å². The fraction of sp³-hybridized carbons (Fsp3) is 0.304. The maximum Gasteiger partial charge on any atom is 0.238 e. The standard InChI is InChI=1S/C23H29N5O3S/c1-16-23(18(3)28(26-16)20-8-6-5-7-9-20)25-22(29)14-15-27(4)17(2)19-10-12-21(13-11-19)32(24,30)31/h5-13,17H,14-15H2,1-4H3,(H,25,29)(H2,24,30,31). The van der Waals surface area contributed by atoms with Crippen molar-refractivity contribution in [1.82, 2.24) is 14.7 Å². The topological polar surface area (TPSA) is 110 Å². The van der Waals surface area contributed by atoms with Crippen molar-refractivity contribution in [3.05, 3.63) is 71.5 Å². The maximum atomic E-state index is 12.6. The van der Waals surface area contributed by atoms with Crippen molar-refractivity contribution < 1.29 is 13.2 Å². The lowest BCUT2D eigenvalue weighted by atomic mass is 10.1. The highest BCUT2D eigenvalue weighted by atomic mass is 32.2. The zero-order chi connectivity index (χ0) is 23.5. The van der Waals surface area contributed by atoms with E-state index in [1.165, 1.54) is 12.1 Å². The highest BCUT2D eigenvalue weighted by Gasteiger charge is 2.17. The SMILES string of the molecule is Cc1nn(-c2ccccc2)c(C)c1NC(=O)CCN(C)C(C)c1ccc(S(N)(=O)=O)cc1. The third kappa shape index (κ3) is 5.42. The second-order valence-electron chi connectivity index (χ2n) is 7.86. The van der Waals surface area contributed by atoms with Crippen LogP contribution in [0.15, 0.2) is 59.5 Å². The van der Waals surface area contributed by atoms with Crippen molar-refractivity contribution in [2.75, 3.05) is 18.9 Å². The van der Waals surface area contributed by atoms with Gasteiger partial charge in [0.25, 0.3) is 0 Å². The van der Waals surface area contributed by atoms with E-state index in [1.54, 1.807) is 12.1 Å². The zero-order valence-electron chi connectivity index (χ0n) is 18.7. The first kappa shape index (κ1) is 23.6. The van der Waals surface area contributed by atoms with Gasteiger partial charge in [0.05, 0.1) is 27.7 Å². The highest BCUT2D eigenvalue weighted by molar-refractivity contribution is 7.89. The molecule has 1 aromatic heterocycles. The monoisotopic (exact) mass is 455 g/mol. The molecule has 0 aliphatic heterocycles. The smallest absolute Gasteiger partial charge is 0.238 e. The van der Waals surface area contributed by atoms with Gasteiger partial charge in [-0.2, -0.15) is 5.10 Å². The minimum Gasteiger partial charge on any atom is -0.323 e. The summed E-state index contributed by atoms with van der Waals surface area (Å²) in [5.74, 6) is -0.0903. The molecule has 0 fully saturated rings. The van der Waals surface area contributed by atoms with Crippen LogP contribution < -0.4 is 10.5 Å². The molecular weight excluding hydrogens is 426 g/mol. The average molecular weight is 456 g/mol. The van der Waals surface area contributed by atoms with Crippen LogP contribution in [0.1, 0.15) is 36.3 Å². The molecule has 0 saturated carbocycles. The molecule has 0 saturated heterocycles. The summed E-state index contributed by atoms with van der Waals surface area (Å²) in [4.78, 5) is 14.7. The number of nitrogens with zero attached hydrogens (tertiary/aromatic N) is 3. The van der Waals surface area contributed by atoms with E-state index in [9.17, 15) is 13.2 Å². The van der Waals surface area contributed by atoms with E-state index < -0.39 is 10.0 Å². The first-order valence-electron chi connectivity index (χ1n) is 10.3. The summed E-state index contributed by atoms with van der Waals surface area (Å²) >= 11 is 0. The summed E-state index contributed by atoms with van der Waals surface area (Å²) in [7, 11) is -1.79. The number of aryl methyl sites for hydroxylation is 1. The molecule has 0 aliphatic carbocycles. The van der Waals surface area contributed by atoms with E-state index in [2.05, 4.69) is 10.4 Å². The number of hydrogen-bond donors (Lipinski definition) is 2. The lowest BCUT2D eigenvalue weighted by Gasteiger charge is -2.25. The molecule has 0 bridgehead atoms. The Balaban J connectivity index is 1.61. The number of nitrogens with one attached hydrogen (secondary N) is 1. The van der Waals surface area contributed by atoms with Crippen LogP contribution in [0.4, 0.5) is 5.69 Å². The average Bonchev–Trinajstić information content (AvgIpc) is 3.05. The van der Waals surface area contributed by atoms with Gasteiger partial charge in [0, 0.05) is 19.0 Å². The number of carbonyl (C=O) groups is 1. The molecule has 0 spiro atoms. The van der Waals surface area contributed by atoms with Gasteiger partial charge in [-0.15, -0.1) is 0 Å². The van der Waals surface area contributed by atoms with Crippen LogP contribution in [0.3, 0.4) is 0 Å². The number of hydrogen-bond acceptors (Lipinski definition) is 5. The van der Waals surface area contributed by atoms with Gasteiger partial charge in [0.2, 0.25) is 15.9 Å².